The van der Waals surface area contributed by atoms with Crippen molar-refractivity contribution < 1.29 is 0 Å². The highest BCUT2D eigenvalue weighted by Crippen LogP contribution is 2.28. The summed E-state index contributed by atoms with van der Waals surface area (Å²) in [6.45, 7) is 0. The summed E-state index contributed by atoms with van der Waals surface area (Å²) in [6.07, 6.45) is 0.943. The first-order valence-corrected chi connectivity index (χ1v) is 6.92. The molecule has 1 heterocycles. The third-order valence-corrected chi connectivity index (χ3v) is 3.85. The molecule has 0 radical (unpaired) electrons. The number of aromatic nitrogens is 1. The first kappa shape index (κ1) is 11.2. The van der Waals surface area contributed by atoms with Crippen molar-refractivity contribution in [2.24, 2.45) is 0 Å². The molecule has 0 amide bonds. The minimum atomic E-state index is 0.850. The van der Waals surface area contributed by atoms with E-state index >= 15 is 0 Å². The largest absolute Gasteiger partial charge is 0.241 e. The van der Waals surface area contributed by atoms with Crippen LogP contribution >= 0.6 is 39.9 Å². The van der Waals surface area contributed by atoms with E-state index in [0.29, 0.717) is 0 Å². The smallest absolute Gasteiger partial charge is 0.0940 e. The number of halogens is 1. The summed E-state index contributed by atoms with van der Waals surface area (Å²) in [5.41, 5.74) is 2.20. The molecule has 0 aliphatic heterocycles. The Labute approximate surface area is 107 Å². The lowest BCUT2D eigenvalue weighted by atomic mass is 10.2. The molecule has 2 aromatic rings. The van der Waals surface area contributed by atoms with Crippen LogP contribution in [0.3, 0.4) is 0 Å². The Hall–Kier alpha value is -0.320. The second-order valence-corrected chi connectivity index (χ2v) is 5.32. The first-order chi connectivity index (χ1) is 7.31. The number of thiazole rings is 1. The van der Waals surface area contributed by atoms with Crippen LogP contribution in [0.4, 0.5) is 0 Å². The van der Waals surface area contributed by atoms with Crippen molar-refractivity contribution in [1.82, 2.24) is 4.98 Å². The van der Waals surface area contributed by atoms with Crippen LogP contribution in [-0.2, 0) is 6.42 Å². The van der Waals surface area contributed by atoms with Crippen LogP contribution in [0.15, 0.2) is 34.1 Å². The van der Waals surface area contributed by atoms with Gasteiger partial charge in [0.2, 0.25) is 0 Å². The highest BCUT2D eigenvalue weighted by atomic mass is 79.9. The summed E-state index contributed by atoms with van der Waals surface area (Å²) in [4.78, 5) is 4.57. The van der Waals surface area contributed by atoms with Crippen molar-refractivity contribution in [1.29, 1.82) is 0 Å². The molecule has 0 saturated heterocycles. The Bertz CT molecular complexity index is 453. The van der Waals surface area contributed by atoms with E-state index in [2.05, 4.69) is 45.0 Å². The molecule has 0 bridgehead atoms. The Morgan fingerprint density at radius 2 is 2.13 bits per heavy atom. The molecule has 1 aromatic carbocycles. The average Bonchev–Trinajstić information content (AvgIpc) is 2.68. The van der Waals surface area contributed by atoms with E-state index < -0.39 is 0 Å². The summed E-state index contributed by atoms with van der Waals surface area (Å²) in [6, 6.07) is 8.14. The zero-order chi connectivity index (χ0) is 10.7. The second kappa shape index (κ2) is 5.14. The molecule has 0 aliphatic rings. The third-order valence-electron chi connectivity index (χ3n) is 2.03. The fourth-order valence-electron chi connectivity index (χ4n) is 1.31. The fraction of sp³-hybridized carbons (Fsp3) is 0.182. The molecule has 15 heavy (non-hydrogen) atoms. The van der Waals surface area contributed by atoms with Crippen LogP contribution < -0.4 is 0 Å². The van der Waals surface area contributed by atoms with Crippen molar-refractivity contribution >= 4 is 39.9 Å². The molecule has 4 heteroatoms. The van der Waals surface area contributed by atoms with Gasteiger partial charge in [0.25, 0.3) is 0 Å². The molecule has 0 fully saturated rings. The Morgan fingerprint density at radius 1 is 1.33 bits per heavy atom. The minimum absolute atomic E-state index is 0.850. The van der Waals surface area contributed by atoms with Crippen molar-refractivity contribution in [2.75, 3.05) is 5.75 Å². The zero-order valence-electron chi connectivity index (χ0n) is 7.98. The molecule has 0 spiro atoms. The van der Waals surface area contributed by atoms with Crippen LogP contribution in [0.1, 0.15) is 5.01 Å². The fourth-order valence-corrected chi connectivity index (χ4v) is 2.96. The lowest BCUT2D eigenvalue weighted by Crippen LogP contribution is -1.85. The van der Waals surface area contributed by atoms with E-state index in [0.717, 1.165) is 32.9 Å². The Balaban J connectivity index is 2.33. The number of aryl methyl sites for hydroxylation is 1. The lowest BCUT2D eigenvalue weighted by molar-refractivity contribution is 1.11. The van der Waals surface area contributed by atoms with Crippen LogP contribution in [0.25, 0.3) is 11.3 Å². The van der Waals surface area contributed by atoms with Crippen LogP contribution in [-0.4, -0.2) is 10.7 Å². The number of nitrogens with zero attached hydrogens (tertiary/aromatic N) is 1. The number of hydrogen-bond donors (Lipinski definition) is 1. The number of hydrogen-bond acceptors (Lipinski definition) is 3. The molecule has 0 aliphatic carbocycles. The van der Waals surface area contributed by atoms with Gasteiger partial charge in [-0.15, -0.1) is 11.3 Å². The maximum absolute atomic E-state index is 4.57. The second-order valence-electron chi connectivity index (χ2n) is 3.08. The van der Waals surface area contributed by atoms with E-state index in [1.54, 1.807) is 11.3 Å². The lowest BCUT2D eigenvalue weighted by Gasteiger charge is -1.99. The topological polar surface area (TPSA) is 12.9 Å². The summed E-state index contributed by atoms with van der Waals surface area (Å²) in [5.74, 6) is 0.850. The van der Waals surface area contributed by atoms with Gasteiger partial charge in [0.15, 0.2) is 0 Å². The zero-order valence-corrected chi connectivity index (χ0v) is 11.3. The molecular weight excluding hydrogens is 290 g/mol. The normalized spacial score (nSPS) is 10.5. The van der Waals surface area contributed by atoms with Gasteiger partial charge >= 0.3 is 0 Å². The van der Waals surface area contributed by atoms with Gasteiger partial charge in [0.1, 0.15) is 0 Å². The molecule has 0 unspecified atom stereocenters. The molecule has 0 atom stereocenters. The number of thiol groups is 1. The molecule has 1 nitrogen and oxygen atoms in total. The van der Waals surface area contributed by atoms with Crippen molar-refractivity contribution in [3.63, 3.8) is 0 Å². The molecule has 78 valence electrons. The maximum atomic E-state index is 4.57. The SMILES string of the molecule is SCCc1nc(-c2ccccc2Br)cs1. The van der Waals surface area contributed by atoms with Gasteiger partial charge in [-0.2, -0.15) is 12.6 Å². The summed E-state index contributed by atoms with van der Waals surface area (Å²) < 4.78 is 1.09. The van der Waals surface area contributed by atoms with E-state index in [1.807, 2.05) is 18.2 Å². The quantitative estimate of drug-likeness (QED) is 0.844. The van der Waals surface area contributed by atoms with Crippen LogP contribution in [0.5, 0.6) is 0 Å². The van der Waals surface area contributed by atoms with Gasteiger partial charge < -0.3 is 0 Å². The van der Waals surface area contributed by atoms with E-state index in [4.69, 9.17) is 0 Å². The standard InChI is InChI=1S/C11H10BrNS2/c12-9-4-2-1-3-8(9)10-7-15-11(13-10)5-6-14/h1-4,7,14H,5-6H2. The monoisotopic (exact) mass is 299 g/mol. The van der Waals surface area contributed by atoms with Gasteiger partial charge in [-0.05, 0) is 11.8 Å². The highest BCUT2D eigenvalue weighted by Gasteiger charge is 2.06. The predicted octanol–water partition coefficient (Wildman–Crippen LogP) is 4.04. The van der Waals surface area contributed by atoms with Crippen LogP contribution in [0, 0.1) is 0 Å². The maximum Gasteiger partial charge on any atom is 0.0940 e. The van der Waals surface area contributed by atoms with Crippen molar-refractivity contribution in [3.8, 4) is 11.3 Å². The van der Waals surface area contributed by atoms with Gasteiger partial charge in [-0.1, -0.05) is 34.1 Å². The first-order valence-electron chi connectivity index (χ1n) is 4.61. The van der Waals surface area contributed by atoms with Gasteiger partial charge in [-0.25, -0.2) is 4.98 Å². The molecule has 1 aromatic heterocycles. The summed E-state index contributed by atoms with van der Waals surface area (Å²) in [5, 5.41) is 3.24. The molecule has 0 saturated carbocycles. The Morgan fingerprint density at radius 3 is 2.87 bits per heavy atom. The van der Waals surface area contributed by atoms with Crippen LogP contribution in [0.2, 0.25) is 0 Å². The molecular formula is C11H10BrNS2. The Kier molecular flexibility index (Phi) is 3.83. The average molecular weight is 300 g/mol. The van der Waals surface area contributed by atoms with Crippen molar-refractivity contribution in [2.45, 2.75) is 6.42 Å². The van der Waals surface area contributed by atoms with E-state index in [9.17, 15) is 0 Å². The van der Waals surface area contributed by atoms with Gasteiger partial charge in [0, 0.05) is 21.8 Å². The number of rotatable bonds is 3. The van der Waals surface area contributed by atoms with E-state index in [-0.39, 0.29) is 0 Å². The van der Waals surface area contributed by atoms with Gasteiger partial charge in [-0.3, -0.25) is 0 Å². The van der Waals surface area contributed by atoms with Crippen molar-refractivity contribution in [3.05, 3.63) is 39.1 Å². The number of benzene rings is 1. The third kappa shape index (κ3) is 2.62. The van der Waals surface area contributed by atoms with E-state index in [1.165, 1.54) is 0 Å². The van der Waals surface area contributed by atoms with Gasteiger partial charge in [0.05, 0.1) is 10.7 Å². The molecule has 2 rings (SSSR count). The molecule has 0 N–H and O–H groups in total. The summed E-state index contributed by atoms with van der Waals surface area (Å²) >= 11 is 9.43. The summed E-state index contributed by atoms with van der Waals surface area (Å²) in [7, 11) is 0. The minimum Gasteiger partial charge on any atom is -0.241 e. The highest BCUT2D eigenvalue weighted by molar-refractivity contribution is 9.10. The predicted molar refractivity (Wildman–Crippen MR) is 72.8 cm³/mol.